The van der Waals surface area contributed by atoms with Gasteiger partial charge in [0.2, 0.25) is 0 Å². The maximum atomic E-state index is 9.87. The fraction of sp³-hybridized carbons (Fsp3) is 0.333. The summed E-state index contributed by atoms with van der Waals surface area (Å²) >= 11 is 0. The van der Waals surface area contributed by atoms with Gasteiger partial charge in [0.25, 0.3) is 0 Å². The van der Waals surface area contributed by atoms with Crippen molar-refractivity contribution in [2.24, 2.45) is 0 Å². The van der Waals surface area contributed by atoms with Crippen molar-refractivity contribution in [3.63, 3.8) is 0 Å². The summed E-state index contributed by atoms with van der Waals surface area (Å²) in [5, 5.41) is 16.1. The average Bonchev–Trinajstić information content (AvgIpc) is 2.48. The highest BCUT2D eigenvalue weighted by molar-refractivity contribution is 5.91. The first kappa shape index (κ1) is 20.4. The van der Waals surface area contributed by atoms with E-state index in [4.69, 9.17) is 14.9 Å². The Bertz CT molecular complexity index is 544. The Morgan fingerprint density at radius 2 is 1.78 bits per heavy atom. The van der Waals surface area contributed by atoms with Crippen molar-refractivity contribution in [1.29, 1.82) is 0 Å². The van der Waals surface area contributed by atoms with Crippen molar-refractivity contribution in [3.8, 4) is 0 Å². The molecule has 23 heavy (non-hydrogen) atoms. The Hall–Kier alpha value is -2.56. The second kappa shape index (κ2) is 10.2. The Morgan fingerprint density at radius 3 is 2.17 bits per heavy atom. The van der Waals surface area contributed by atoms with Gasteiger partial charge in [-0.25, -0.2) is 4.79 Å². The molecule has 1 aromatic carbocycles. The number of aliphatic carboxylic acids is 2. The van der Waals surface area contributed by atoms with Gasteiger partial charge >= 0.3 is 11.9 Å². The molecule has 0 radical (unpaired) electrons. The predicted molar refractivity (Wildman–Crippen MR) is 90.0 cm³/mol. The molecule has 0 unspecified atom stereocenters. The molecule has 0 aromatic heterocycles. The third-order valence-corrected chi connectivity index (χ3v) is 2.97. The number of carbonyl (C=O) groups is 2. The van der Waals surface area contributed by atoms with Crippen LogP contribution in [0.1, 0.15) is 39.2 Å². The van der Waals surface area contributed by atoms with E-state index in [9.17, 15) is 9.59 Å². The summed E-state index contributed by atoms with van der Waals surface area (Å²) in [6.07, 6.45) is 4.26. The van der Waals surface area contributed by atoms with E-state index in [-0.39, 0.29) is 11.2 Å². The topological polar surface area (TPSA) is 83.8 Å². The highest BCUT2D eigenvalue weighted by Crippen LogP contribution is 2.14. The zero-order valence-corrected chi connectivity index (χ0v) is 13.8. The highest BCUT2D eigenvalue weighted by Gasteiger charge is 2.13. The van der Waals surface area contributed by atoms with E-state index in [2.05, 4.69) is 39.5 Å². The van der Waals surface area contributed by atoms with Crippen LogP contribution in [0, 0.1) is 0 Å². The largest absolute Gasteiger partial charge is 0.495 e. The molecule has 0 aliphatic heterocycles. The van der Waals surface area contributed by atoms with Crippen molar-refractivity contribution in [2.45, 2.75) is 39.2 Å². The van der Waals surface area contributed by atoms with Crippen molar-refractivity contribution < 1.29 is 24.5 Å². The van der Waals surface area contributed by atoms with Crippen LogP contribution in [0.2, 0.25) is 0 Å². The van der Waals surface area contributed by atoms with Crippen molar-refractivity contribution in [1.82, 2.24) is 0 Å². The second-order valence-electron chi connectivity index (χ2n) is 5.42. The molecule has 0 bridgehead atoms. The van der Waals surface area contributed by atoms with Gasteiger partial charge in [-0.2, -0.15) is 0 Å². The fourth-order valence-corrected chi connectivity index (χ4v) is 1.20. The molecule has 0 heterocycles. The van der Waals surface area contributed by atoms with Crippen LogP contribution < -0.4 is 0 Å². The van der Waals surface area contributed by atoms with E-state index < -0.39 is 18.4 Å². The van der Waals surface area contributed by atoms with Gasteiger partial charge in [0.1, 0.15) is 5.60 Å². The predicted octanol–water partition coefficient (Wildman–Crippen LogP) is 3.96. The number of hydrogen-bond acceptors (Lipinski definition) is 3. The Morgan fingerprint density at radius 1 is 1.22 bits per heavy atom. The molecule has 2 N–H and O–H groups in total. The molecule has 5 nitrogen and oxygen atoms in total. The standard InChI is InChI=1S/C13H18O.C5H6O4/c1-4-13(2,3)14-11-10-12-8-6-5-7-9-12;1-3(5(8)9)2-4(6)7/h5-11H,4H2,1-3H3;1-2H2,(H,6,7)(H,8,9). The molecule has 0 saturated carbocycles. The molecule has 1 aromatic rings. The minimum Gasteiger partial charge on any atom is -0.495 e. The van der Waals surface area contributed by atoms with E-state index in [1.54, 1.807) is 6.26 Å². The average molecular weight is 320 g/mol. The van der Waals surface area contributed by atoms with Gasteiger partial charge in [-0.1, -0.05) is 43.8 Å². The van der Waals surface area contributed by atoms with E-state index in [0.717, 1.165) is 6.42 Å². The van der Waals surface area contributed by atoms with E-state index in [1.165, 1.54) is 5.56 Å². The molecule has 0 spiro atoms. The first-order valence-electron chi connectivity index (χ1n) is 7.20. The van der Waals surface area contributed by atoms with Crippen LogP contribution in [-0.2, 0) is 14.3 Å². The molecule has 0 aliphatic carbocycles. The van der Waals surface area contributed by atoms with Crippen LogP contribution in [-0.4, -0.2) is 27.8 Å². The quantitative estimate of drug-likeness (QED) is 0.587. The zero-order valence-electron chi connectivity index (χ0n) is 13.8. The van der Waals surface area contributed by atoms with Crippen LogP contribution in [0.4, 0.5) is 0 Å². The maximum Gasteiger partial charge on any atom is 0.331 e. The van der Waals surface area contributed by atoms with Crippen LogP contribution in [0.25, 0.3) is 6.08 Å². The second-order valence-corrected chi connectivity index (χ2v) is 5.42. The van der Waals surface area contributed by atoms with Gasteiger partial charge in [-0.05, 0) is 31.9 Å². The normalized spacial score (nSPS) is 10.6. The van der Waals surface area contributed by atoms with Crippen LogP contribution >= 0.6 is 0 Å². The molecule has 0 fully saturated rings. The summed E-state index contributed by atoms with van der Waals surface area (Å²) in [5.74, 6) is -2.44. The van der Waals surface area contributed by atoms with Gasteiger partial charge < -0.3 is 14.9 Å². The maximum absolute atomic E-state index is 9.87. The third-order valence-electron chi connectivity index (χ3n) is 2.97. The highest BCUT2D eigenvalue weighted by atomic mass is 16.5. The first-order chi connectivity index (χ1) is 10.7. The van der Waals surface area contributed by atoms with Gasteiger partial charge in [0, 0.05) is 5.57 Å². The Kier molecular flexibility index (Phi) is 9.08. The van der Waals surface area contributed by atoms with Gasteiger partial charge in [0.15, 0.2) is 0 Å². The van der Waals surface area contributed by atoms with Crippen molar-refractivity contribution in [2.75, 3.05) is 0 Å². The molecule has 1 rings (SSSR count). The molecule has 126 valence electrons. The molecule has 0 saturated heterocycles. The number of ether oxygens (including phenoxy) is 1. The lowest BCUT2D eigenvalue weighted by Gasteiger charge is -2.21. The number of benzene rings is 1. The third kappa shape index (κ3) is 10.8. The van der Waals surface area contributed by atoms with Crippen LogP contribution in [0.3, 0.4) is 0 Å². The van der Waals surface area contributed by atoms with Gasteiger partial charge in [-0.15, -0.1) is 0 Å². The summed E-state index contributed by atoms with van der Waals surface area (Å²) < 4.78 is 5.60. The summed E-state index contributed by atoms with van der Waals surface area (Å²) in [7, 11) is 0. The monoisotopic (exact) mass is 320 g/mol. The Balaban J connectivity index is 0.000000468. The number of carboxylic acid groups (broad SMARTS) is 2. The lowest BCUT2D eigenvalue weighted by atomic mass is 10.1. The molecule has 0 aliphatic rings. The summed E-state index contributed by atoms with van der Waals surface area (Å²) in [6.45, 7) is 9.31. The fourth-order valence-electron chi connectivity index (χ4n) is 1.20. The van der Waals surface area contributed by atoms with Crippen LogP contribution in [0.15, 0.2) is 48.7 Å². The van der Waals surface area contributed by atoms with Gasteiger partial charge in [-0.3, -0.25) is 4.79 Å². The molecular formula is C18H24O5. The SMILES string of the molecule is C=C(CC(=O)O)C(=O)O.CCC(C)(C)OC=Cc1ccccc1. The van der Waals surface area contributed by atoms with E-state index in [1.807, 2.05) is 24.3 Å². The summed E-state index contributed by atoms with van der Waals surface area (Å²) in [5.41, 5.74) is 0.799. The minimum absolute atomic E-state index is 0.0642. The lowest BCUT2D eigenvalue weighted by molar-refractivity contribution is -0.139. The smallest absolute Gasteiger partial charge is 0.331 e. The molecule has 0 amide bonds. The van der Waals surface area contributed by atoms with Crippen molar-refractivity contribution in [3.05, 3.63) is 54.3 Å². The van der Waals surface area contributed by atoms with E-state index >= 15 is 0 Å². The summed E-state index contributed by atoms with van der Waals surface area (Å²) in [4.78, 5) is 19.7. The molecule has 0 atom stereocenters. The van der Waals surface area contributed by atoms with E-state index in [0.29, 0.717) is 0 Å². The molecule has 5 heteroatoms. The summed E-state index contributed by atoms with van der Waals surface area (Å²) in [6, 6.07) is 10.2. The lowest BCUT2D eigenvalue weighted by Crippen LogP contribution is -2.19. The zero-order chi connectivity index (χ0) is 17.9. The Labute approximate surface area is 136 Å². The molecular weight excluding hydrogens is 296 g/mol. The van der Waals surface area contributed by atoms with Crippen LogP contribution in [0.5, 0.6) is 0 Å². The number of hydrogen-bond donors (Lipinski definition) is 2. The van der Waals surface area contributed by atoms with Gasteiger partial charge in [0.05, 0.1) is 12.7 Å². The minimum atomic E-state index is -1.27. The number of rotatable bonds is 7. The first-order valence-corrected chi connectivity index (χ1v) is 7.20. The number of carboxylic acids is 2. The van der Waals surface area contributed by atoms with Crippen molar-refractivity contribution >= 4 is 18.0 Å².